The Bertz CT molecular complexity index is 836. The Morgan fingerprint density at radius 3 is 1.90 bits per heavy atom. The molecule has 238 valence electrons. The third kappa shape index (κ3) is 21.8. The number of quaternary nitrogens is 1. The molecular weight excluding hydrogens is 543 g/mol. The summed E-state index contributed by atoms with van der Waals surface area (Å²) < 4.78 is 28.2. The second-order valence-electron chi connectivity index (χ2n) is 12.0. The molecule has 0 fully saturated rings. The van der Waals surface area contributed by atoms with Crippen molar-refractivity contribution in [3.8, 4) is 0 Å². The molecule has 41 heavy (non-hydrogen) atoms. The van der Waals surface area contributed by atoms with Crippen LogP contribution < -0.4 is 0 Å². The molecule has 2 unspecified atom stereocenters. The summed E-state index contributed by atoms with van der Waals surface area (Å²) in [6.45, 7) is 2.88. The number of carbonyl (C=O) groups is 1. The monoisotopic (exact) mass is 601 g/mol. The van der Waals surface area contributed by atoms with Crippen LogP contribution in [0.15, 0.2) is 30.3 Å². The molecule has 0 heterocycles. The molecule has 0 aliphatic carbocycles. The van der Waals surface area contributed by atoms with Crippen LogP contribution in [0.5, 0.6) is 0 Å². The SMILES string of the molecule is CCCCCCCCCCCCCCCCN(CC(O)OP(=O)(O)OCC[N+](C)(C)C)C(=O)OCc1ccccc1. The molecule has 1 amide bonds. The van der Waals surface area contributed by atoms with Gasteiger partial charge in [0.1, 0.15) is 19.8 Å². The van der Waals surface area contributed by atoms with Crippen molar-refractivity contribution in [2.75, 3.05) is 47.4 Å². The van der Waals surface area contributed by atoms with Gasteiger partial charge in [-0.1, -0.05) is 121 Å². The summed E-state index contributed by atoms with van der Waals surface area (Å²) in [5.74, 6) is 0. The number of aliphatic hydroxyl groups is 1. The number of phosphoric ester groups is 1. The summed E-state index contributed by atoms with van der Waals surface area (Å²) in [4.78, 5) is 24.2. The highest BCUT2D eigenvalue weighted by atomic mass is 31.2. The van der Waals surface area contributed by atoms with Gasteiger partial charge < -0.3 is 24.1 Å². The van der Waals surface area contributed by atoms with E-state index in [0.717, 1.165) is 24.8 Å². The van der Waals surface area contributed by atoms with E-state index in [9.17, 15) is 19.4 Å². The van der Waals surface area contributed by atoms with Gasteiger partial charge in [0, 0.05) is 6.54 Å². The summed E-state index contributed by atoms with van der Waals surface area (Å²) in [5.41, 5.74) is 0.847. The van der Waals surface area contributed by atoms with Gasteiger partial charge in [-0.2, -0.15) is 0 Å². The van der Waals surface area contributed by atoms with Crippen molar-refractivity contribution < 1.29 is 37.6 Å². The summed E-state index contributed by atoms with van der Waals surface area (Å²) in [6.07, 6.45) is 14.9. The van der Waals surface area contributed by atoms with Crippen LogP contribution in [-0.4, -0.2) is 79.2 Å². The zero-order valence-corrected chi connectivity index (χ0v) is 27.1. The average molecular weight is 602 g/mol. The molecule has 9 nitrogen and oxygen atoms in total. The molecule has 1 aromatic rings. The molecular formula is C31H58N2O7P+. The van der Waals surface area contributed by atoms with Gasteiger partial charge >= 0.3 is 13.9 Å². The van der Waals surface area contributed by atoms with E-state index in [1.807, 2.05) is 51.5 Å². The predicted molar refractivity (Wildman–Crippen MR) is 164 cm³/mol. The number of amides is 1. The third-order valence-electron chi connectivity index (χ3n) is 6.89. The Labute approximate surface area is 249 Å². The Balaban J connectivity index is 2.41. The van der Waals surface area contributed by atoms with E-state index >= 15 is 0 Å². The first-order valence-corrected chi connectivity index (χ1v) is 17.1. The van der Waals surface area contributed by atoms with Crippen LogP contribution in [0.2, 0.25) is 0 Å². The van der Waals surface area contributed by atoms with E-state index in [1.165, 1.54) is 75.5 Å². The summed E-state index contributed by atoms with van der Waals surface area (Å²) >= 11 is 0. The molecule has 0 bridgehead atoms. The largest absolute Gasteiger partial charge is 0.474 e. The van der Waals surface area contributed by atoms with Crippen LogP contribution >= 0.6 is 7.82 Å². The maximum absolute atomic E-state index is 12.8. The van der Waals surface area contributed by atoms with Gasteiger partial charge in [-0.15, -0.1) is 0 Å². The molecule has 0 saturated heterocycles. The topological polar surface area (TPSA) is 106 Å². The lowest BCUT2D eigenvalue weighted by atomic mass is 10.0. The van der Waals surface area contributed by atoms with Crippen molar-refractivity contribution in [2.24, 2.45) is 0 Å². The van der Waals surface area contributed by atoms with Gasteiger partial charge in [0.05, 0.1) is 27.7 Å². The minimum absolute atomic E-state index is 0.00806. The normalized spacial score (nSPS) is 14.0. The van der Waals surface area contributed by atoms with Crippen LogP contribution in [0, 0.1) is 0 Å². The maximum Gasteiger partial charge on any atom is 0.474 e. The number of phosphoric acid groups is 1. The van der Waals surface area contributed by atoms with E-state index in [-0.39, 0.29) is 19.8 Å². The van der Waals surface area contributed by atoms with Crippen LogP contribution in [0.3, 0.4) is 0 Å². The molecule has 1 rings (SSSR count). The van der Waals surface area contributed by atoms with E-state index in [0.29, 0.717) is 17.6 Å². The number of benzene rings is 1. The first-order valence-electron chi connectivity index (χ1n) is 15.6. The van der Waals surface area contributed by atoms with E-state index in [4.69, 9.17) is 13.8 Å². The van der Waals surface area contributed by atoms with Gasteiger partial charge in [-0.05, 0) is 12.0 Å². The maximum atomic E-state index is 12.8. The van der Waals surface area contributed by atoms with Crippen molar-refractivity contribution in [1.82, 2.24) is 4.90 Å². The Morgan fingerprint density at radius 2 is 1.39 bits per heavy atom. The Morgan fingerprint density at radius 1 is 0.878 bits per heavy atom. The van der Waals surface area contributed by atoms with Crippen LogP contribution in [0.25, 0.3) is 0 Å². The Hall–Kier alpha value is -1.48. The first-order chi connectivity index (χ1) is 19.5. The second-order valence-corrected chi connectivity index (χ2v) is 13.4. The number of carbonyl (C=O) groups excluding carboxylic acids is 1. The molecule has 10 heteroatoms. The number of likely N-dealkylation sites (N-methyl/N-ethyl adjacent to an activating group) is 1. The van der Waals surface area contributed by atoms with Gasteiger partial charge in [-0.3, -0.25) is 9.05 Å². The number of unbranched alkanes of at least 4 members (excludes halogenated alkanes) is 13. The van der Waals surface area contributed by atoms with Crippen molar-refractivity contribution in [1.29, 1.82) is 0 Å². The summed E-state index contributed by atoms with van der Waals surface area (Å²) in [5, 5.41) is 10.4. The number of rotatable bonds is 25. The van der Waals surface area contributed by atoms with Crippen LogP contribution in [0.4, 0.5) is 4.79 Å². The second kappa shape index (κ2) is 22.1. The third-order valence-corrected chi connectivity index (χ3v) is 7.91. The lowest BCUT2D eigenvalue weighted by Gasteiger charge is -2.26. The molecule has 2 atom stereocenters. The highest BCUT2D eigenvalue weighted by Gasteiger charge is 2.29. The number of nitrogens with zero attached hydrogens (tertiary/aromatic N) is 2. The van der Waals surface area contributed by atoms with E-state index in [1.54, 1.807) is 0 Å². The lowest BCUT2D eigenvalue weighted by molar-refractivity contribution is -0.870. The highest BCUT2D eigenvalue weighted by Crippen LogP contribution is 2.44. The van der Waals surface area contributed by atoms with Crippen molar-refractivity contribution >= 4 is 13.9 Å². The van der Waals surface area contributed by atoms with Gasteiger partial charge in [0.2, 0.25) is 0 Å². The number of ether oxygens (including phenoxy) is 1. The van der Waals surface area contributed by atoms with E-state index < -0.39 is 20.2 Å². The number of aliphatic hydroxyl groups excluding tert-OH is 1. The summed E-state index contributed by atoms with van der Waals surface area (Å²) in [6, 6.07) is 9.34. The molecule has 0 saturated carbocycles. The van der Waals surface area contributed by atoms with Gasteiger partial charge in [-0.25, -0.2) is 9.36 Å². The first kappa shape index (κ1) is 37.5. The standard InChI is InChI=1S/C31H57N2O7P/c1-5-6-7-8-9-10-11-12-13-14-15-16-17-21-24-32(31(35)38-28-29-22-19-18-20-23-29)27-30(34)40-41(36,37)39-26-25-33(2,3)4/h18-20,22-23,30,34H,5-17,21,24-28H2,1-4H3/p+1. The molecule has 0 aliphatic heterocycles. The average Bonchev–Trinajstić information content (AvgIpc) is 2.90. The zero-order valence-electron chi connectivity index (χ0n) is 26.2. The minimum Gasteiger partial charge on any atom is -0.445 e. The van der Waals surface area contributed by atoms with Crippen molar-refractivity contribution in [2.45, 2.75) is 110 Å². The molecule has 0 aliphatic rings. The van der Waals surface area contributed by atoms with Gasteiger partial charge in [0.25, 0.3) is 0 Å². The molecule has 0 aromatic heterocycles. The molecule has 1 aromatic carbocycles. The minimum atomic E-state index is -4.48. The fraction of sp³-hybridized carbons (Fsp3) is 0.774. The number of hydrogen-bond donors (Lipinski definition) is 2. The van der Waals surface area contributed by atoms with Crippen molar-refractivity contribution in [3.05, 3.63) is 35.9 Å². The molecule has 0 radical (unpaired) electrons. The van der Waals surface area contributed by atoms with Crippen molar-refractivity contribution in [3.63, 3.8) is 0 Å². The highest BCUT2D eigenvalue weighted by molar-refractivity contribution is 7.47. The predicted octanol–water partition coefficient (Wildman–Crippen LogP) is 7.26. The number of hydrogen-bond acceptors (Lipinski definition) is 6. The summed E-state index contributed by atoms with van der Waals surface area (Å²) in [7, 11) is 1.30. The van der Waals surface area contributed by atoms with Crippen LogP contribution in [0.1, 0.15) is 102 Å². The van der Waals surface area contributed by atoms with Crippen LogP contribution in [-0.2, 0) is 25.0 Å². The lowest BCUT2D eigenvalue weighted by Crippen LogP contribution is -2.39. The van der Waals surface area contributed by atoms with E-state index in [2.05, 4.69) is 6.92 Å². The zero-order chi connectivity index (χ0) is 30.4. The Kier molecular flexibility index (Phi) is 20.2. The fourth-order valence-corrected chi connectivity index (χ4v) is 5.15. The smallest absolute Gasteiger partial charge is 0.445 e. The molecule has 2 N–H and O–H groups in total. The molecule has 0 spiro atoms. The fourth-order valence-electron chi connectivity index (χ4n) is 4.40. The quantitative estimate of drug-likeness (QED) is 0.0526. The van der Waals surface area contributed by atoms with Gasteiger partial charge in [0.15, 0.2) is 6.29 Å².